The van der Waals surface area contributed by atoms with Gasteiger partial charge in [-0.05, 0) is 18.8 Å². The van der Waals surface area contributed by atoms with Crippen LogP contribution < -0.4 is 0 Å². The molecular weight excluding hydrogens is 238 g/mol. The Bertz CT molecular complexity index is 117. The maximum absolute atomic E-state index is 9.78. The Morgan fingerprint density at radius 3 is 1.93 bits per heavy atom. The van der Waals surface area contributed by atoms with Crippen LogP contribution in [-0.2, 0) is 19.5 Å². The van der Waals surface area contributed by atoms with E-state index in [-0.39, 0.29) is 25.6 Å². The predicted molar refractivity (Wildman–Crippen MR) is 63.5 cm³/mol. The van der Waals surface area contributed by atoms with Crippen molar-refractivity contribution in [3.8, 4) is 0 Å². The zero-order chi connectivity index (χ0) is 10.8. The summed E-state index contributed by atoms with van der Waals surface area (Å²) in [5.41, 5.74) is 0. The van der Waals surface area contributed by atoms with Crippen molar-refractivity contribution in [1.29, 1.82) is 0 Å². The van der Waals surface area contributed by atoms with Gasteiger partial charge >= 0.3 is 0 Å². The molecule has 0 aliphatic rings. The molecule has 2 unspecified atom stereocenters. The van der Waals surface area contributed by atoms with Gasteiger partial charge in [-0.3, -0.25) is 0 Å². The molecule has 0 radical (unpaired) electrons. The minimum Gasteiger partial charge on any atom is -0.393 e. The van der Waals surface area contributed by atoms with Gasteiger partial charge < -0.3 is 5.11 Å². The van der Waals surface area contributed by atoms with Gasteiger partial charge in [-0.25, -0.2) is 0 Å². The summed E-state index contributed by atoms with van der Waals surface area (Å²) in [7, 11) is 0. The minimum absolute atomic E-state index is 0. The van der Waals surface area contributed by atoms with Crippen molar-refractivity contribution in [3.05, 3.63) is 0 Å². The van der Waals surface area contributed by atoms with Crippen LogP contribution in [0.1, 0.15) is 72.1 Å². The van der Waals surface area contributed by atoms with Gasteiger partial charge in [-0.1, -0.05) is 59.3 Å². The van der Waals surface area contributed by atoms with Crippen LogP contribution in [0.5, 0.6) is 0 Å². The summed E-state index contributed by atoms with van der Waals surface area (Å²) in [6, 6.07) is 0. The van der Waals surface area contributed by atoms with Gasteiger partial charge in [0.1, 0.15) is 0 Å². The Morgan fingerprint density at radius 1 is 0.933 bits per heavy atom. The summed E-state index contributed by atoms with van der Waals surface area (Å²) >= 11 is 0. The summed E-state index contributed by atoms with van der Waals surface area (Å²) in [4.78, 5) is 0. The monoisotopic (exact) mass is 264 g/mol. The van der Waals surface area contributed by atoms with Crippen LogP contribution in [0, 0.1) is 5.92 Å². The molecule has 88 valence electrons. The molecule has 0 aromatic heterocycles. The molecule has 0 aromatic rings. The van der Waals surface area contributed by atoms with E-state index in [0.717, 1.165) is 18.8 Å². The normalized spacial score (nSPS) is 14.4. The van der Waals surface area contributed by atoms with Crippen LogP contribution >= 0.6 is 0 Å². The molecule has 0 heterocycles. The van der Waals surface area contributed by atoms with Crippen molar-refractivity contribution >= 4 is 0 Å². The largest absolute Gasteiger partial charge is 0.393 e. The van der Waals surface area contributed by atoms with E-state index in [2.05, 4.69) is 20.8 Å². The van der Waals surface area contributed by atoms with Crippen molar-refractivity contribution in [3.63, 3.8) is 0 Å². The van der Waals surface area contributed by atoms with Gasteiger partial charge in [0.25, 0.3) is 0 Å². The minimum atomic E-state index is -0.0447. The van der Waals surface area contributed by atoms with E-state index in [0.29, 0.717) is 0 Å². The second kappa shape index (κ2) is 12.7. The second-order valence-corrected chi connectivity index (χ2v) is 4.45. The molecular formula is C13H28OZn. The Morgan fingerprint density at radius 2 is 1.47 bits per heavy atom. The van der Waals surface area contributed by atoms with Crippen LogP contribution in [-0.4, -0.2) is 11.2 Å². The molecule has 0 saturated carbocycles. The molecule has 0 rings (SSSR count). The van der Waals surface area contributed by atoms with Gasteiger partial charge in [-0.15, -0.1) is 0 Å². The number of unbranched alkanes of at least 4 members (excludes halogenated alkanes) is 2. The van der Waals surface area contributed by atoms with Crippen LogP contribution in [0.4, 0.5) is 0 Å². The van der Waals surface area contributed by atoms with Gasteiger partial charge in [-0.2, -0.15) is 0 Å². The molecule has 0 aromatic carbocycles. The Balaban J connectivity index is 0. The molecule has 0 amide bonds. The molecule has 1 N–H and O–H groups in total. The van der Waals surface area contributed by atoms with Crippen molar-refractivity contribution in [2.45, 2.75) is 78.2 Å². The first kappa shape index (κ1) is 18.0. The first-order valence-electron chi connectivity index (χ1n) is 6.42. The molecule has 15 heavy (non-hydrogen) atoms. The first-order chi connectivity index (χ1) is 6.74. The topological polar surface area (TPSA) is 20.2 Å². The van der Waals surface area contributed by atoms with E-state index in [4.69, 9.17) is 0 Å². The molecule has 0 saturated heterocycles. The molecule has 2 heteroatoms. The summed E-state index contributed by atoms with van der Waals surface area (Å²) in [5.74, 6) is 0.752. The van der Waals surface area contributed by atoms with Crippen molar-refractivity contribution in [2.75, 3.05) is 0 Å². The zero-order valence-electron chi connectivity index (χ0n) is 11.0. The van der Waals surface area contributed by atoms with Gasteiger partial charge in [0, 0.05) is 19.5 Å². The first-order valence-corrected chi connectivity index (χ1v) is 6.42. The summed E-state index contributed by atoms with van der Waals surface area (Å²) in [6.45, 7) is 6.66. The Hall–Kier alpha value is 0.583. The maximum Gasteiger partial charge on any atom is 0.0542 e. The fourth-order valence-electron chi connectivity index (χ4n) is 1.92. The second-order valence-electron chi connectivity index (χ2n) is 4.45. The van der Waals surface area contributed by atoms with E-state index >= 15 is 0 Å². The molecule has 0 aliphatic carbocycles. The van der Waals surface area contributed by atoms with Gasteiger partial charge in [0.2, 0.25) is 0 Å². The third-order valence-corrected chi connectivity index (χ3v) is 3.04. The molecule has 0 bridgehead atoms. The number of hydrogen-bond donors (Lipinski definition) is 1. The molecule has 1 nitrogen and oxygen atoms in total. The molecule has 0 fully saturated rings. The van der Waals surface area contributed by atoms with E-state index in [1.54, 1.807) is 0 Å². The Kier molecular flexibility index (Phi) is 15.2. The third-order valence-electron chi connectivity index (χ3n) is 3.04. The van der Waals surface area contributed by atoms with E-state index in [1.165, 1.54) is 38.5 Å². The van der Waals surface area contributed by atoms with E-state index in [9.17, 15) is 5.11 Å². The number of aliphatic hydroxyl groups is 1. The van der Waals surface area contributed by atoms with Crippen LogP contribution in [0.2, 0.25) is 0 Å². The SMILES string of the molecule is CCCCC(O)CC(CC)CCCC.[Zn]. The van der Waals surface area contributed by atoms with E-state index < -0.39 is 0 Å². The van der Waals surface area contributed by atoms with Crippen molar-refractivity contribution < 1.29 is 24.6 Å². The summed E-state index contributed by atoms with van der Waals surface area (Å²) in [5, 5.41) is 9.78. The van der Waals surface area contributed by atoms with Crippen molar-refractivity contribution in [2.24, 2.45) is 5.92 Å². The Labute approximate surface area is 109 Å². The fourth-order valence-corrected chi connectivity index (χ4v) is 1.92. The van der Waals surface area contributed by atoms with Crippen LogP contribution in [0.25, 0.3) is 0 Å². The standard InChI is InChI=1S/C13H28O.Zn/c1-4-7-9-12(6-3)11-13(14)10-8-5-2;/h12-14H,4-11H2,1-3H3;. The molecule has 0 aliphatic heterocycles. The smallest absolute Gasteiger partial charge is 0.0542 e. The number of hydrogen-bond acceptors (Lipinski definition) is 1. The quantitative estimate of drug-likeness (QED) is 0.621. The summed E-state index contributed by atoms with van der Waals surface area (Å²) < 4.78 is 0. The number of aliphatic hydroxyl groups excluding tert-OH is 1. The zero-order valence-corrected chi connectivity index (χ0v) is 13.9. The van der Waals surface area contributed by atoms with Gasteiger partial charge in [0.15, 0.2) is 0 Å². The average Bonchev–Trinajstić information content (AvgIpc) is 2.21. The average molecular weight is 266 g/mol. The summed E-state index contributed by atoms with van der Waals surface area (Å²) in [6.07, 6.45) is 9.47. The van der Waals surface area contributed by atoms with Crippen LogP contribution in [0.15, 0.2) is 0 Å². The fraction of sp³-hybridized carbons (Fsp3) is 1.00. The third kappa shape index (κ3) is 10.9. The van der Waals surface area contributed by atoms with Gasteiger partial charge in [0.05, 0.1) is 6.10 Å². The van der Waals surface area contributed by atoms with Crippen LogP contribution in [0.3, 0.4) is 0 Å². The van der Waals surface area contributed by atoms with E-state index in [1.807, 2.05) is 0 Å². The molecule has 2 atom stereocenters. The predicted octanol–water partition coefficient (Wildman–Crippen LogP) is 4.14. The van der Waals surface area contributed by atoms with Crippen molar-refractivity contribution in [1.82, 2.24) is 0 Å². The maximum atomic E-state index is 9.78. The molecule has 0 spiro atoms. The number of rotatable bonds is 9.